The van der Waals surface area contributed by atoms with Crippen molar-refractivity contribution in [1.29, 1.82) is 0 Å². The van der Waals surface area contributed by atoms with Crippen molar-refractivity contribution in [2.24, 2.45) is 5.92 Å². The summed E-state index contributed by atoms with van der Waals surface area (Å²) >= 11 is 0. The summed E-state index contributed by atoms with van der Waals surface area (Å²) in [6, 6.07) is 0.697. The number of rotatable bonds is 4. The molecule has 0 aromatic carbocycles. The van der Waals surface area contributed by atoms with Gasteiger partial charge < -0.3 is 9.64 Å². The Labute approximate surface area is 85.9 Å². The first kappa shape index (κ1) is 8.78. The standard InChI is InChI=1S/C12H19NO/c1-2-11-5-6-12(13(11)7-1)9-14-8-10-3-4-10/h2,10,12H,1,3-9H2. The molecule has 78 valence electrons. The Morgan fingerprint density at radius 3 is 3.07 bits per heavy atom. The van der Waals surface area contributed by atoms with Crippen molar-refractivity contribution in [2.45, 2.75) is 38.1 Å². The van der Waals surface area contributed by atoms with Crippen LogP contribution in [0.15, 0.2) is 11.8 Å². The number of hydrogen-bond acceptors (Lipinski definition) is 2. The van der Waals surface area contributed by atoms with Crippen LogP contribution < -0.4 is 0 Å². The first-order valence-electron chi connectivity index (χ1n) is 5.97. The Kier molecular flexibility index (Phi) is 2.24. The van der Waals surface area contributed by atoms with E-state index in [9.17, 15) is 0 Å². The lowest BCUT2D eigenvalue weighted by Crippen LogP contribution is -2.30. The Bertz CT molecular complexity index is 245. The molecule has 3 aliphatic rings. The van der Waals surface area contributed by atoms with E-state index in [-0.39, 0.29) is 0 Å². The highest BCUT2D eigenvalue weighted by molar-refractivity contribution is 5.14. The summed E-state index contributed by atoms with van der Waals surface area (Å²) in [5.41, 5.74) is 1.59. The van der Waals surface area contributed by atoms with E-state index >= 15 is 0 Å². The molecule has 2 heteroatoms. The molecule has 1 saturated heterocycles. The SMILES string of the molecule is C1=C2CCC(COCC3CC3)N2CC1. The second-order valence-electron chi connectivity index (χ2n) is 4.85. The van der Waals surface area contributed by atoms with Crippen molar-refractivity contribution in [3.05, 3.63) is 11.8 Å². The quantitative estimate of drug-likeness (QED) is 0.678. The molecule has 2 nitrogen and oxygen atoms in total. The van der Waals surface area contributed by atoms with Crippen LogP contribution in [0.3, 0.4) is 0 Å². The van der Waals surface area contributed by atoms with Crippen LogP contribution in [-0.2, 0) is 4.74 Å². The zero-order chi connectivity index (χ0) is 9.38. The predicted octanol–water partition coefficient (Wildman–Crippen LogP) is 2.17. The fourth-order valence-electron chi connectivity index (χ4n) is 2.59. The number of hydrogen-bond donors (Lipinski definition) is 0. The second-order valence-corrected chi connectivity index (χ2v) is 4.85. The van der Waals surface area contributed by atoms with Gasteiger partial charge in [0.25, 0.3) is 0 Å². The Morgan fingerprint density at radius 1 is 1.29 bits per heavy atom. The van der Waals surface area contributed by atoms with E-state index in [0.29, 0.717) is 6.04 Å². The van der Waals surface area contributed by atoms with E-state index in [2.05, 4.69) is 11.0 Å². The highest BCUT2D eigenvalue weighted by Crippen LogP contribution is 2.33. The number of fused-ring (bicyclic) bond motifs is 1. The van der Waals surface area contributed by atoms with Crippen LogP contribution >= 0.6 is 0 Å². The Balaban J connectivity index is 1.46. The smallest absolute Gasteiger partial charge is 0.0670 e. The van der Waals surface area contributed by atoms with Crippen LogP contribution in [0.2, 0.25) is 0 Å². The minimum atomic E-state index is 0.697. The minimum Gasteiger partial charge on any atom is -0.379 e. The highest BCUT2D eigenvalue weighted by atomic mass is 16.5. The molecule has 0 bridgehead atoms. The van der Waals surface area contributed by atoms with Gasteiger partial charge >= 0.3 is 0 Å². The summed E-state index contributed by atoms with van der Waals surface area (Å²) in [5.74, 6) is 0.907. The number of allylic oxidation sites excluding steroid dienone is 1. The van der Waals surface area contributed by atoms with Crippen LogP contribution in [0.1, 0.15) is 32.1 Å². The Hall–Kier alpha value is -0.500. The summed E-state index contributed by atoms with van der Waals surface area (Å²) in [7, 11) is 0. The molecule has 14 heavy (non-hydrogen) atoms. The van der Waals surface area contributed by atoms with Crippen LogP contribution in [0.25, 0.3) is 0 Å². The zero-order valence-electron chi connectivity index (χ0n) is 8.74. The fourth-order valence-corrected chi connectivity index (χ4v) is 2.59. The lowest BCUT2D eigenvalue weighted by Gasteiger charge is -2.23. The van der Waals surface area contributed by atoms with Crippen LogP contribution in [0.4, 0.5) is 0 Å². The van der Waals surface area contributed by atoms with Crippen molar-refractivity contribution < 1.29 is 4.74 Å². The summed E-state index contributed by atoms with van der Waals surface area (Å²) in [6.07, 6.45) is 9.07. The topological polar surface area (TPSA) is 12.5 Å². The predicted molar refractivity (Wildman–Crippen MR) is 56.0 cm³/mol. The van der Waals surface area contributed by atoms with Crippen molar-refractivity contribution >= 4 is 0 Å². The maximum absolute atomic E-state index is 5.78. The van der Waals surface area contributed by atoms with Crippen molar-refractivity contribution in [1.82, 2.24) is 4.90 Å². The molecule has 0 spiro atoms. The largest absolute Gasteiger partial charge is 0.379 e. The molecule has 0 radical (unpaired) electrons. The van der Waals surface area contributed by atoms with Gasteiger partial charge in [-0.2, -0.15) is 0 Å². The van der Waals surface area contributed by atoms with Gasteiger partial charge in [0.05, 0.1) is 12.6 Å². The molecule has 2 heterocycles. The summed E-state index contributed by atoms with van der Waals surface area (Å²) in [5, 5.41) is 0. The fraction of sp³-hybridized carbons (Fsp3) is 0.833. The van der Waals surface area contributed by atoms with Gasteiger partial charge in [0.15, 0.2) is 0 Å². The first-order chi connectivity index (χ1) is 6.93. The zero-order valence-corrected chi connectivity index (χ0v) is 8.74. The van der Waals surface area contributed by atoms with Crippen LogP contribution in [0, 0.1) is 5.92 Å². The lowest BCUT2D eigenvalue weighted by atomic mass is 10.2. The average molecular weight is 193 g/mol. The maximum atomic E-state index is 5.78. The molecule has 0 amide bonds. The molecule has 0 aromatic rings. The Morgan fingerprint density at radius 2 is 2.21 bits per heavy atom. The van der Waals surface area contributed by atoms with E-state index < -0.39 is 0 Å². The third-order valence-electron chi connectivity index (χ3n) is 3.65. The van der Waals surface area contributed by atoms with Gasteiger partial charge in [0, 0.05) is 18.8 Å². The van der Waals surface area contributed by atoms with Crippen LogP contribution in [-0.4, -0.2) is 30.7 Å². The van der Waals surface area contributed by atoms with Crippen molar-refractivity contribution in [3.8, 4) is 0 Å². The summed E-state index contributed by atoms with van der Waals surface area (Å²) < 4.78 is 5.78. The van der Waals surface area contributed by atoms with Crippen LogP contribution in [0.5, 0.6) is 0 Å². The van der Waals surface area contributed by atoms with Gasteiger partial charge in [0.1, 0.15) is 0 Å². The molecule has 1 saturated carbocycles. The van der Waals surface area contributed by atoms with Gasteiger partial charge in [-0.05, 0) is 38.0 Å². The summed E-state index contributed by atoms with van der Waals surface area (Å²) in [4.78, 5) is 2.56. The molecule has 1 aliphatic carbocycles. The molecular formula is C12H19NO. The molecule has 2 fully saturated rings. The second kappa shape index (κ2) is 3.58. The molecular weight excluding hydrogens is 174 g/mol. The lowest BCUT2D eigenvalue weighted by molar-refractivity contribution is 0.0794. The molecule has 3 rings (SSSR count). The van der Waals surface area contributed by atoms with Crippen molar-refractivity contribution in [2.75, 3.05) is 19.8 Å². The molecule has 0 N–H and O–H groups in total. The monoisotopic (exact) mass is 193 g/mol. The van der Waals surface area contributed by atoms with Gasteiger partial charge in [-0.25, -0.2) is 0 Å². The average Bonchev–Trinajstić information content (AvgIpc) is 2.76. The van der Waals surface area contributed by atoms with Gasteiger partial charge in [-0.1, -0.05) is 6.08 Å². The van der Waals surface area contributed by atoms with Gasteiger partial charge in [-0.15, -0.1) is 0 Å². The third-order valence-corrected chi connectivity index (χ3v) is 3.65. The van der Waals surface area contributed by atoms with E-state index in [0.717, 1.165) is 19.1 Å². The molecule has 0 aromatic heterocycles. The molecule has 1 unspecified atom stereocenters. The minimum absolute atomic E-state index is 0.697. The third kappa shape index (κ3) is 1.68. The van der Waals surface area contributed by atoms with E-state index in [4.69, 9.17) is 4.74 Å². The number of ether oxygens (including phenoxy) is 1. The normalized spacial score (nSPS) is 30.7. The highest BCUT2D eigenvalue weighted by Gasteiger charge is 2.30. The summed E-state index contributed by atoms with van der Waals surface area (Å²) in [6.45, 7) is 3.23. The van der Waals surface area contributed by atoms with Gasteiger partial charge in [-0.3, -0.25) is 0 Å². The number of nitrogens with zero attached hydrogens (tertiary/aromatic N) is 1. The van der Waals surface area contributed by atoms with Gasteiger partial charge in [0.2, 0.25) is 0 Å². The molecule has 2 aliphatic heterocycles. The van der Waals surface area contributed by atoms with E-state index in [1.54, 1.807) is 5.70 Å². The first-order valence-corrected chi connectivity index (χ1v) is 5.97. The van der Waals surface area contributed by atoms with E-state index in [1.807, 2.05) is 0 Å². The maximum Gasteiger partial charge on any atom is 0.0670 e. The van der Waals surface area contributed by atoms with E-state index in [1.165, 1.54) is 38.6 Å². The van der Waals surface area contributed by atoms with Crippen molar-refractivity contribution in [3.63, 3.8) is 0 Å². The molecule has 1 atom stereocenters.